The summed E-state index contributed by atoms with van der Waals surface area (Å²) in [5, 5.41) is 6.05. The average Bonchev–Trinajstić information content (AvgIpc) is 2.20. The van der Waals surface area contributed by atoms with Gasteiger partial charge in [0.05, 0.1) is 6.61 Å². The second kappa shape index (κ2) is 6.62. The van der Waals surface area contributed by atoms with Gasteiger partial charge in [0, 0.05) is 13.2 Å². The van der Waals surface area contributed by atoms with Gasteiger partial charge in [0.2, 0.25) is 0 Å². The zero-order valence-corrected chi connectivity index (χ0v) is 8.54. The van der Waals surface area contributed by atoms with E-state index < -0.39 is 0 Å². The Hall–Kier alpha value is -0.810. The van der Waals surface area contributed by atoms with Crippen molar-refractivity contribution in [1.29, 1.82) is 0 Å². The minimum absolute atomic E-state index is 0.256. The molecule has 1 saturated heterocycles. The molecule has 0 aliphatic carbocycles. The zero-order valence-electron chi connectivity index (χ0n) is 8.54. The monoisotopic (exact) mass is 202 g/mol. The van der Waals surface area contributed by atoms with Gasteiger partial charge >= 0.3 is 6.09 Å². The lowest BCUT2D eigenvalue weighted by Crippen LogP contribution is -2.43. The highest BCUT2D eigenvalue weighted by atomic mass is 16.6. The normalized spacial score (nSPS) is 17.8. The fraction of sp³-hybridized carbons (Fsp3) is 0.889. The molecule has 2 N–H and O–H groups in total. The molecule has 0 spiro atoms. The van der Waals surface area contributed by atoms with Gasteiger partial charge < -0.3 is 20.1 Å². The molecule has 0 aromatic heterocycles. The quantitative estimate of drug-likeness (QED) is 0.635. The predicted molar refractivity (Wildman–Crippen MR) is 52.3 cm³/mol. The van der Waals surface area contributed by atoms with Crippen molar-refractivity contribution in [2.75, 3.05) is 33.4 Å². The predicted octanol–water partition coefficient (Wildman–Crippen LogP) is 0.111. The van der Waals surface area contributed by atoms with Crippen molar-refractivity contribution in [3.05, 3.63) is 0 Å². The van der Waals surface area contributed by atoms with Crippen molar-refractivity contribution in [1.82, 2.24) is 10.6 Å². The SMILES string of the molecule is COCCOC(=O)NC1CCNCC1. The third kappa shape index (κ3) is 4.43. The number of hydrogen-bond donors (Lipinski definition) is 2. The van der Waals surface area contributed by atoms with E-state index in [2.05, 4.69) is 10.6 Å². The smallest absolute Gasteiger partial charge is 0.407 e. The maximum Gasteiger partial charge on any atom is 0.407 e. The van der Waals surface area contributed by atoms with E-state index in [-0.39, 0.29) is 12.1 Å². The molecule has 1 fully saturated rings. The van der Waals surface area contributed by atoms with Crippen LogP contribution in [0.3, 0.4) is 0 Å². The third-order valence-electron chi connectivity index (χ3n) is 2.18. The highest BCUT2D eigenvalue weighted by Gasteiger charge is 2.15. The van der Waals surface area contributed by atoms with E-state index in [0.29, 0.717) is 13.2 Å². The first-order valence-electron chi connectivity index (χ1n) is 4.96. The molecule has 0 aromatic rings. The fourth-order valence-corrected chi connectivity index (χ4v) is 1.39. The molecule has 0 bridgehead atoms. The lowest BCUT2D eigenvalue weighted by molar-refractivity contribution is 0.0954. The molecule has 82 valence electrons. The van der Waals surface area contributed by atoms with E-state index in [0.717, 1.165) is 25.9 Å². The van der Waals surface area contributed by atoms with E-state index in [1.807, 2.05) is 0 Å². The van der Waals surface area contributed by atoms with Gasteiger partial charge in [-0.2, -0.15) is 0 Å². The molecule has 0 saturated carbocycles. The Morgan fingerprint density at radius 3 is 2.79 bits per heavy atom. The topological polar surface area (TPSA) is 59.6 Å². The largest absolute Gasteiger partial charge is 0.447 e. The van der Waals surface area contributed by atoms with Crippen molar-refractivity contribution in [3.63, 3.8) is 0 Å². The van der Waals surface area contributed by atoms with E-state index in [9.17, 15) is 4.79 Å². The fourth-order valence-electron chi connectivity index (χ4n) is 1.39. The van der Waals surface area contributed by atoms with Gasteiger partial charge in [-0.1, -0.05) is 0 Å². The van der Waals surface area contributed by atoms with Gasteiger partial charge in [0.25, 0.3) is 0 Å². The third-order valence-corrected chi connectivity index (χ3v) is 2.18. The molecule has 1 aliphatic heterocycles. The lowest BCUT2D eigenvalue weighted by atomic mass is 10.1. The molecular weight excluding hydrogens is 184 g/mol. The number of alkyl carbamates (subject to hydrolysis) is 1. The molecule has 0 aromatic carbocycles. The number of amides is 1. The summed E-state index contributed by atoms with van der Waals surface area (Å²) >= 11 is 0. The molecule has 0 radical (unpaired) electrons. The van der Waals surface area contributed by atoms with Gasteiger partial charge in [0.1, 0.15) is 6.61 Å². The summed E-state index contributed by atoms with van der Waals surface area (Å²) in [7, 11) is 1.58. The zero-order chi connectivity index (χ0) is 10.2. The minimum atomic E-state index is -0.339. The maximum atomic E-state index is 11.2. The number of hydrogen-bond acceptors (Lipinski definition) is 4. The second-order valence-electron chi connectivity index (χ2n) is 3.30. The van der Waals surface area contributed by atoms with Crippen molar-refractivity contribution >= 4 is 6.09 Å². The highest BCUT2D eigenvalue weighted by Crippen LogP contribution is 2.01. The maximum absolute atomic E-state index is 11.2. The summed E-state index contributed by atoms with van der Waals surface area (Å²) in [6.45, 7) is 2.68. The van der Waals surface area contributed by atoms with Gasteiger partial charge in [-0.15, -0.1) is 0 Å². The molecule has 1 rings (SSSR count). The Morgan fingerprint density at radius 1 is 1.43 bits per heavy atom. The minimum Gasteiger partial charge on any atom is -0.447 e. The number of carbonyl (C=O) groups is 1. The van der Waals surface area contributed by atoms with E-state index in [1.165, 1.54) is 0 Å². The summed E-state index contributed by atoms with van der Waals surface area (Å²) in [5.41, 5.74) is 0. The second-order valence-corrected chi connectivity index (χ2v) is 3.30. The number of nitrogens with one attached hydrogen (secondary N) is 2. The van der Waals surface area contributed by atoms with Gasteiger partial charge in [-0.25, -0.2) is 4.79 Å². The summed E-state index contributed by atoms with van der Waals surface area (Å²) in [6.07, 6.45) is 1.60. The van der Waals surface area contributed by atoms with Crippen LogP contribution >= 0.6 is 0 Å². The number of ether oxygens (including phenoxy) is 2. The standard InChI is InChI=1S/C9H18N2O3/c1-13-6-7-14-9(12)11-8-2-4-10-5-3-8/h8,10H,2-7H2,1H3,(H,11,12). The van der Waals surface area contributed by atoms with Crippen LogP contribution < -0.4 is 10.6 Å². The molecule has 1 aliphatic rings. The first-order valence-corrected chi connectivity index (χ1v) is 4.96. The molecule has 5 heteroatoms. The Bertz CT molecular complexity index is 169. The molecule has 0 unspecified atom stereocenters. The van der Waals surface area contributed by atoms with Crippen LogP contribution in [0.4, 0.5) is 4.79 Å². The summed E-state index contributed by atoms with van der Waals surface area (Å²) in [6, 6.07) is 0.256. The van der Waals surface area contributed by atoms with Crippen molar-refractivity contribution in [2.24, 2.45) is 0 Å². The van der Waals surface area contributed by atoms with Gasteiger partial charge in [-0.3, -0.25) is 0 Å². The van der Waals surface area contributed by atoms with Crippen LogP contribution in [-0.4, -0.2) is 45.5 Å². The number of rotatable bonds is 4. The van der Waals surface area contributed by atoms with Gasteiger partial charge in [-0.05, 0) is 25.9 Å². The average molecular weight is 202 g/mol. The highest BCUT2D eigenvalue weighted by molar-refractivity contribution is 5.67. The Labute approximate surface area is 84.1 Å². The van der Waals surface area contributed by atoms with E-state index in [1.54, 1.807) is 7.11 Å². The summed E-state index contributed by atoms with van der Waals surface area (Å²) < 4.78 is 9.66. The van der Waals surface area contributed by atoms with Crippen molar-refractivity contribution < 1.29 is 14.3 Å². The lowest BCUT2D eigenvalue weighted by Gasteiger charge is -2.23. The van der Waals surface area contributed by atoms with Crippen LogP contribution in [0.5, 0.6) is 0 Å². The Kier molecular flexibility index (Phi) is 5.32. The number of piperidine rings is 1. The van der Waals surface area contributed by atoms with Crippen LogP contribution in [0, 0.1) is 0 Å². The van der Waals surface area contributed by atoms with Crippen LogP contribution in [0.2, 0.25) is 0 Å². The molecule has 1 heterocycles. The van der Waals surface area contributed by atoms with E-state index in [4.69, 9.17) is 9.47 Å². The number of carbonyl (C=O) groups excluding carboxylic acids is 1. The molecule has 1 amide bonds. The van der Waals surface area contributed by atoms with Crippen molar-refractivity contribution in [2.45, 2.75) is 18.9 Å². The van der Waals surface area contributed by atoms with Crippen LogP contribution in [-0.2, 0) is 9.47 Å². The molecule has 14 heavy (non-hydrogen) atoms. The van der Waals surface area contributed by atoms with Gasteiger partial charge in [0.15, 0.2) is 0 Å². The Morgan fingerprint density at radius 2 is 2.14 bits per heavy atom. The number of methoxy groups -OCH3 is 1. The molecular formula is C9H18N2O3. The first-order chi connectivity index (χ1) is 6.83. The van der Waals surface area contributed by atoms with Crippen LogP contribution in [0.15, 0.2) is 0 Å². The Balaban J connectivity index is 2.06. The van der Waals surface area contributed by atoms with Crippen LogP contribution in [0.25, 0.3) is 0 Å². The summed E-state index contributed by atoms with van der Waals surface area (Å²) in [5.74, 6) is 0. The summed E-state index contributed by atoms with van der Waals surface area (Å²) in [4.78, 5) is 11.2. The molecule has 0 atom stereocenters. The van der Waals surface area contributed by atoms with E-state index >= 15 is 0 Å². The van der Waals surface area contributed by atoms with Crippen LogP contribution in [0.1, 0.15) is 12.8 Å². The molecule has 5 nitrogen and oxygen atoms in total. The van der Waals surface area contributed by atoms with Crippen molar-refractivity contribution in [3.8, 4) is 0 Å². The first kappa shape index (κ1) is 11.3.